The molecule has 114 valence electrons. The van der Waals surface area contributed by atoms with Crippen molar-refractivity contribution in [3.8, 4) is 0 Å². The fourth-order valence-corrected chi connectivity index (χ4v) is 4.37. The molecule has 1 saturated heterocycles. The minimum atomic E-state index is -3.47. The largest absolute Gasteiger partial charge is 0.399 e. The van der Waals surface area contributed by atoms with E-state index < -0.39 is 10.0 Å². The van der Waals surface area contributed by atoms with E-state index in [2.05, 4.69) is 9.88 Å². The summed E-state index contributed by atoms with van der Waals surface area (Å²) in [7, 11) is -1.45. The van der Waals surface area contributed by atoms with E-state index in [1.165, 1.54) is 0 Å². The van der Waals surface area contributed by atoms with Crippen LogP contribution in [0.25, 0.3) is 10.9 Å². The quantitative estimate of drug-likeness (QED) is 0.813. The Morgan fingerprint density at radius 1 is 1.19 bits per heavy atom. The molecule has 0 bridgehead atoms. The summed E-state index contributed by atoms with van der Waals surface area (Å²) in [6.45, 7) is 2.78. The molecule has 7 heteroatoms. The first-order valence-corrected chi connectivity index (χ1v) is 8.48. The average Bonchev–Trinajstić information content (AvgIpc) is 2.73. The highest BCUT2D eigenvalue weighted by atomic mass is 32.2. The molecule has 0 unspecified atom stereocenters. The fraction of sp³-hybridized carbons (Fsp3) is 0.429. The molecule has 0 spiro atoms. The summed E-state index contributed by atoms with van der Waals surface area (Å²) in [6, 6.07) is 5.24. The average molecular weight is 308 g/mol. The Morgan fingerprint density at radius 2 is 2.00 bits per heavy atom. The number of benzene rings is 1. The molecule has 0 saturated carbocycles. The predicted octanol–water partition coefficient (Wildman–Crippen LogP) is 1.08. The van der Waals surface area contributed by atoms with Crippen molar-refractivity contribution >= 4 is 26.6 Å². The zero-order valence-electron chi connectivity index (χ0n) is 12.0. The summed E-state index contributed by atoms with van der Waals surface area (Å²) >= 11 is 0. The van der Waals surface area contributed by atoms with Gasteiger partial charge in [0.15, 0.2) is 0 Å². The molecular weight excluding hydrogens is 288 g/mol. The van der Waals surface area contributed by atoms with Crippen LogP contribution < -0.4 is 5.73 Å². The first kappa shape index (κ1) is 14.4. The van der Waals surface area contributed by atoms with Crippen molar-refractivity contribution in [2.75, 3.05) is 39.0 Å². The van der Waals surface area contributed by atoms with Gasteiger partial charge in [-0.2, -0.15) is 4.31 Å². The second-order valence-corrected chi connectivity index (χ2v) is 7.43. The molecule has 3 N–H and O–H groups in total. The number of likely N-dealkylation sites (N-methyl/N-ethyl adjacent to an activating group) is 1. The highest BCUT2D eigenvalue weighted by Crippen LogP contribution is 2.27. The molecule has 2 aromatic rings. The maximum atomic E-state index is 12.9. The predicted molar refractivity (Wildman–Crippen MR) is 83.6 cm³/mol. The van der Waals surface area contributed by atoms with Gasteiger partial charge in [-0.05, 0) is 38.2 Å². The molecular formula is C14H20N4O2S. The minimum Gasteiger partial charge on any atom is -0.399 e. The van der Waals surface area contributed by atoms with E-state index in [9.17, 15) is 8.42 Å². The van der Waals surface area contributed by atoms with Crippen molar-refractivity contribution in [2.24, 2.45) is 0 Å². The second kappa shape index (κ2) is 5.32. The number of anilines is 1. The molecule has 0 radical (unpaired) electrons. The number of H-pyrrole nitrogens is 1. The Bertz CT molecular complexity index is 753. The Morgan fingerprint density at radius 3 is 2.81 bits per heavy atom. The Kier molecular flexibility index (Phi) is 3.64. The molecule has 1 aliphatic rings. The van der Waals surface area contributed by atoms with Gasteiger partial charge in [0.25, 0.3) is 0 Å². The van der Waals surface area contributed by atoms with Crippen molar-refractivity contribution in [1.29, 1.82) is 0 Å². The van der Waals surface area contributed by atoms with Gasteiger partial charge in [0.1, 0.15) is 4.90 Å². The molecule has 1 aliphatic heterocycles. The summed E-state index contributed by atoms with van der Waals surface area (Å²) < 4.78 is 27.3. The third kappa shape index (κ3) is 2.64. The SMILES string of the molecule is CN1CCCN(S(=O)(=O)c2c[nH]c3cc(N)ccc23)CC1. The van der Waals surface area contributed by atoms with Crippen LogP contribution in [0.5, 0.6) is 0 Å². The van der Waals surface area contributed by atoms with Crippen LogP contribution in [0, 0.1) is 0 Å². The molecule has 6 nitrogen and oxygen atoms in total. The van der Waals surface area contributed by atoms with Gasteiger partial charge in [0.2, 0.25) is 10.0 Å². The van der Waals surface area contributed by atoms with Crippen molar-refractivity contribution in [2.45, 2.75) is 11.3 Å². The minimum absolute atomic E-state index is 0.335. The van der Waals surface area contributed by atoms with Crippen molar-refractivity contribution in [3.63, 3.8) is 0 Å². The normalized spacial score (nSPS) is 18.9. The van der Waals surface area contributed by atoms with Gasteiger partial charge >= 0.3 is 0 Å². The molecule has 0 amide bonds. The second-order valence-electron chi connectivity index (χ2n) is 5.52. The lowest BCUT2D eigenvalue weighted by molar-refractivity contribution is 0.347. The number of nitrogens with two attached hydrogens (primary N) is 1. The number of hydrogen-bond acceptors (Lipinski definition) is 4. The van der Waals surface area contributed by atoms with E-state index in [1.54, 1.807) is 28.7 Å². The topological polar surface area (TPSA) is 82.4 Å². The standard InChI is InChI=1S/C14H20N4O2S/c1-17-5-2-6-18(8-7-17)21(19,20)14-10-16-13-9-11(15)3-4-12(13)14/h3-4,9-10,16H,2,5-8,15H2,1H3. The van der Waals surface area contributed by atoms with E-state index >= 15 is 0 Å². The highest BCUT2D eigenvalue weighted by Gasteiger charge is 2.28. The Labute approximate surface area is 124 Å². The monoisotopic (exact) mass is 308 g/mol. The first-order chi connectivity index (χ1) is 9.98. The van der Waals surface area contributed by atoms with Crippen LogP contribution in [0.4, 0.5) is 5.69 Å². The summed E-state index contributed by atoms with van der Waals surface area (Å²) in [5.74, 6) is 0. The van der Waals surface area contributed by atoms with Crippen LogP contribution in [0.1, 0.15) is 6.42 Å². The van der Waals surface area contributed by atoms with Crippen LogP contribution in [0.2, 0.25) is 0 Å². The smallest absolute Gasteiger partial charge is 0.245 e. The number of rotatable bonds is 2. The maximum Gasteiger partial charge on any atom is 0.245 e. The molecule has 0 atom stereocenters. The van der Waals surface area contributed by atoms with E-state index in [0.717, 1.165) is 25.0 Å². The van der Waals surface area contributed by atoms with E-state index in [-0.39, 0.29) is 0 Å². The lowest BCUT2D eigenvalue weighted by atomic mass is 10.2. The van der Waals surface area contributed by atoms with Gasteiger partial charge in [-0.25, -0.2) is 8.42 Å². The van der Waals surface area contributed by atoms with Crippen molar-refractivity contribution in [3.05, 3.63) is 24.4 Å². The van der Waals surface area contributed by atoms with Gasteiger partial charge in [0.05, 0.1) is 0 Å². The van der Waals surface area contributed by atoms with Crippen LogP contribution in [-0.2, 0) is 10.0 Å². The number of aromatic nitrogens is 1. The van der Waals surface area contributed by atoms with Gasteiger partial charge in [-0.15, -0.1) is 0 Å². The molecule has 0 aliphatic carbocycles. The lowest BCUT2D eigenvalue weighted by Crippen LogP contribution is -2.34. The molecule has 3 rings (SSSR count). The van der Waals surface area contributed by atoms with E-state index in [1.807, 2.05) is 7.05 Å². The molecule has 21 heavy (non-hydrogen) atoms. The summed E-state index contributed by atoms with van der Waals surface area (Å²) in [5, 5.41) is 0.696. The molecule has 2 heterocycles. The molecule has 1 fully saturated rings. The fourth-order valence-electron chi connectivity index (χ4n) is 2.73. The first-order valence-electron chi connectivity index (χ1n) is 7.04. The number of sulfonamides is 1. The van der Waals surface area contributed by atoms with E-state index in [0.29, 0.717) is 29.1 Å². The van der Waals surface area contributed by atoms with Crippen molar-refractivity contribution < 1.29 is 8.42 Å². The van der Waals surface area contributed by atoms with Crippen LogP contribution in [-0.4, -0.2) is 55.8 Å². The van der Waals surface area contributed by atoms with Crippen LogP contribution >= 0.6 is 0 Å². The number of nitrogens with zero attached hydrogens (tertiary/aromatic N) is 2. The van der Waals surface area contributed by atoms with Gasteiger partial charge in [0, 0.05) is 42.4 Å². The van der Waals surface area contributed by atoms with E-state index in [4.69, 9.17) is 5.73 Å². The molecule has 1 aromatic carbocycles. The molecule has 1 aromatic heterocycles. The summed E-state index contributed by atoms with van der Waals surface area (Å²) in [6.07, 6.45) is 2.42. The number of nitrogen functional groups attached to an aromatic ring is 1. The number of hydrogen-bond donors (Lipinski definition) is 2. The number of nitrogens with one attached hydrogen (secondary N) is 1. The zero-order valence-corrected chi connectivity index (χ0v) is 12.9. The summed E-state index contributed by atoms with van der Waals surface area (Å²) in [4.78, 5) is 5.50. The number of aromatic amines is 1. The van der Waals surface area contributed by atoms with Crippen LogP contribution in [0.3, 0.4) is 0 Å². The zero-order chi connectivity index (χ0) is 15.0. The Hall–Kier alpha value is -1.57. The summed E-state index contributed by atoms with van der Waals surface area (Å²) in [5.41, 5.74) is 7.10. The third-order valence-corrected chi connectivity index (χ3v) is 5.90. The highest BCUT2D eigenvalue weighted by molar-refractivity contribution is 7.89. The third-order valence-electron chi connectivity index (χ3n) is 3.96. The Balaban J connectivity index is 2.00. The van der Waals surface area contributed by atoms with Gasteiger partial charge in [-0.3, -0.25) is 0 Å². The van der Waals surface area contributed by atoms with Crippen LogP contribution in [0.15, 0.2) is 29.3 Å². The lowest BCUT2D eigenvalue weighted by Gasteiger charge is -2.19. The maximum absolute atomic E-state index is 12.9. The van der Waals surface area contributed by atoms with Crippen molar-refractivity contribution in [1.82, 2.24) is 14.2 Å². The number of fused-ring (bicyclic) bond motifs is 1. The van der Waals surface area contributed by atoms with Gasteiger partial charge in [-0.1, -0.05) is 0 Å². The van der Waals surface area contributed by atoms with Gasteiger partial charge < -0.3 is 15.6 Å².